The molecule has 1 aliphatic carbocycles. The van der Waals surface area contributed by atoms with E-state index < -0.39 is 0 Å². The minimum atomic E-state index is 0.207. The maximum atomic E-state index is 9.29. The molecule has 1 unspecified atom stereocenters. The van der Waals surface area contributed by atoms with Gasteiger partial charge in [-0.15, -0.1) is 0 Å². The number of benzene rings is 1. The SMILES string of the molecule is N#Cc1ccc(OC2C[C@@H]3CN(CSc4ccc(O)cn4)C[C@@H]3C2)cc1. The van der Waals surface area contributed by atoms with Gasteiger partial charge in [0.15, 0.2) is 0 Å². The summed E-state index contributed by atoms with van der Waals surface area (Å²) in [5, 5.41) is 19.1. The van der Waals surface area contributed by atoms with Gasteiger partial charge in [-0.1, -0.05) is 11.8 Å². The lowest BCUT2D eigenvalue weighted by Crippen LogP contribution is -2.24. The molecule has 0 radical (unpaired) electrons. The van der Waals surface area contributed by atoms with Crippen LogP contribution in [0.25, 0.3) is 0 Å². The second-order valence-corrected chi connectivity index (χ2v) is 8.00. The molecule has 2 heterocycles. The number of nitrogens with zero attached hydrogens (tertiary/aromatic N) is 3. The fraction of sp³-hybridized carbons (Fsp3) is 0.400. The van der Waals surface area contributed by atoms with E-state index in [-0.39, 0.29) is 11.9 Å². The van der Waals surface area contributed by atoms with Crippen molar-refractivity contribution in [2.45, 2.75) is 24.0 Å². The Hall–Kier alpha value is -2.23. The number of hydrogen-bond donors (Lipinski definition) is 1. The van der Waals surface area contributed by atoms with Gasteiger partial charge < -0.3 is 9.84 Å². The molecule has 1 saturated carbocycles. The number of nitriles is 1. The molecular weight excluding hydrogens is 346 g/mol. The molecule has 134 valence electrons. The molecule has 1 aromatic heterocycles. The van der Waals surface area contributed by atoms with Crippen LogP contribution < -0.4 is 4.74 Å². The third-order valence-corrected chi connectivity index (χ3v) is 6.22. The molecule has 5 nitrogen and oxygen atoms in total. The summed E-state index contributed by atoms with van der Waals surface area (Å²) in [7, 11) is 0. The lowest BCUT2D eigenvalue weighted by molar-refractivity contribution is 0.189. The van der Waals surface area contributed by atoms with Gasteiger partial charge in [0.1, 0.15) is 11.5 Å². The summed E-state index contributed by atoms with van der Waals surface area (Å²) in [6, 6.07) is 13.1. The first-order chi connectivity index (χ1) is 12.7. The van der Waals surface area contributed by atoms with Crippen molar-refractivity contribution in [1.29, 1.82) is 5.26 Å². The second-order valence-electron chi connectivity index (χ2n) is 7.03. The van der Waals surface area contributed by atoms with Gasteiger partial charge in [-0.25, -0.2) is 4.98 Å². The van der Waals surface area contributed by atoms with E-state index in [0.717, 1.165) is 42.6 Å². The van der Waals surface area contributed by atoms with Crippen molar-refractivity contribution in [3.8, 4) is 17.6 Å². The maximum Gasteiger partial charge on any atom is 0.133 e. The van der Waals surface area contributed by atoms with E-state index >= 15 is 0 Å². The van der Waals surface area contributed by atoms with E-state index in [9.17, 15) is 5.11 Å². The molecule has 26 heavy (non-hydrogen) atoms. The van der Waals surface area contributed by atoms with Crippen LogP contribution in [0.15, 0.2) is 47.6 Å². The predicted octanol–water partition coefficient (Wildman–Crippen LogP) is 3.50. The van der Waals surface area contributed by atoms with Crippen LogP contribution in [-0.2, 0) is 0 Å². The molecule has 0 bridgehead atoms. The number of aromatic hydroxyl groups is 1. The van der Waals surface area contributed by atoms with Gasteiger partial charge >= 0.3 is 0 Å². The Bertz CT molecular complexity index is 774. The van der Waals surface area contributed by atoms with Gasteiger partial charge in [-0.05, 0) is 61.1 Å². The molecule has 2 aliphatic rings. The molecule has 2 aromatic rings. The van der Waals surface area contributed by atoms with E-state index in [1.807, 2.05) is 18.2 Å². The van der Waals surface area contributed by atoms with Crippen LogP contribution >= 0.6 is 11.8 Å². The normalized spacial score (nSPS) is 25.0. The topological polar surface area (TPSA) is 69.4 Å². The minimum absolute atomic E-state index is 0.207. The Morgan fingerprint density at radius 3 is 2.50 bits per heavy atom. The number of rotatable bonds is 5. The molecule has 2 fully saturated rings. The number of pyridine rings is 1. The standard InChI is InChI=1S/C20H21N3O2S/c21-9-14-1-4-18(5-2-14)25-19-7-15-11-23(12-16(15)8-19)13-26-20-6-3-17(24)10-22-20/h1-6,10,15-16,19,24H,7-8,11-13H2/t15-,16+,19?. The summed E-state index contributed by atoms with van der Waals surface area (Å²) < 4.78 is 6.12. The second kappa shape index (κ2) is 7.56. The van der Waals surface area contributed by atoms with Crippen molar-refractivity contribution in [1.82, 2.24) is 9.88 Å². The highest BCUT2D eigenvalue weighted by molar-refractivity contribution is 7.99. The first kappa shape index (κ1) is 17.2. The fourth-order valence-electron chi connectivity index (χ4n) is 3.96. The van der Waals surface area contributed by atoms with Gasteiger partial charge in [-0.2, -0.15) is 5.26 Å². The Balaban J connectivity index is 1.24. The Kier molecular flexibility index (Phi) is 5.00. The molecule has 1 saturated heterocycles. The average Bonchev–Trinajstić information content (AvgIpc) is 3.20. The Morgan fingerprint density at radius 1 is 1.15 bits per heavy atom. The summed E-state index contributed by atoms with van der Waals surface area (Å²) in [4.78, 5) is 6.72. The highest BCUT2D eigenvalue weighted by Crippen LogP contribution is 2.40. The first-order valence-electron chi connectivity index (χ1n) is 8.86. The van der Waals surface area contributed by atoms with Crippen LogP contribution in [0.2, 0.25) is 0 Å². The van der Waals surface area contributed by atoms with Crippen molar-refractivity contribution >= 4 is 11.8 Å². The zero-order valence-electron chi connectivity index (χ0n) is 14.4. The molecule has 0 spiro atoms. The Labute approximate surface area is 157 Å². The van der Waals surface area contributed by atoms with Crippen LogP contribution in [0, 0.1) is 23.2 Å². The van der Waals surface area contributed by atoms with Crippen molar-refractivity contribution in [2.24, 2.45) is 11.8 Å². The number of likely N-dealkylation sites (tertiary alicyclic amines) is 1. The van der Waals surface area contributed by atoms with Gasteiger partial charge in [0.05, 0.1) is 34.8 Å². The zero-order chi connectivity index (χ0) is 17.9. The number of thioether (sulfide) groups is 1. The average molecular weight is 367 g/mol. The number of hydrogen-bond acceptors (Lipinski definition) is 6. The maximum absolute atomic E-state index is 9.29. The third-order valence-electron chi connectivity index (χ3n) is 5.19. The third kappa shape index (κ3) is 3.95. The van der Waals surface area contributed by atoms with E-state index in [0.29, 0.717) is 17.4 Å². The predicted molar refractivity (Wildman–Crippen MR) is 100.0 cm³/mol. The number of ether oxygens (including phenoxy) is 1. The number of aromatic nitrogens is 1. The van der Waals surface area contributed by atoms with Crippen LogP contribution in [0.1, 0.15) is 18.4 Å². The first-order valence-corrected chi connectivity index (χ1v) is 9.85. The molecule has 1 aliphatic heterocycles. The van der Waals surface area contributed by atoms with E-state index in [2.05, 4.69) is 16.0 Å². The van der Waals surface area contributed by atoms with Gasteiger partial charge in [0, 0.05) is 13.1 Å². The summed E-state index contributed by atoms with van der Waals surface area (Å²) in [5.74, 6) is 3.41. The highest BCUT2D eigenvalue weighted by atomic mass is 32.2. The summed E-state index contributed by atoms with van der Waals surface area (Å²) in [5.41, 5.74) is 0.664. The lowest BCUT2D eigenvalue weighted by atomic mass is 10.0. The molecular formula is C20H21N3O2S. The molecule has 3 atom stereocenters. The summed E-state index contributed by atoms with van der Waals surface area (Å²) in [6.45, 7) is 2.23. The fourth-order valence-corrected chi connectivity index (χ4v) is 4.78. The molecule has 1 aromatic carbocycles. The van der Waals surface area contributed by atoms with Crippen LogP contribution in [0.4, 0.5) is 0 Å². The zero-order valence-corrected chi connectivity index (χ0v) is 15.2. The quantitative estimate of drug-likeness (QED) is 0.816. The van der Waals surface area contributed by atoms with Gasteiger partial charge in [-0.3, -0.25) is 4.90 Å². The summed E-state index contributed by atoms with van der Waals surface area (Å²) >= 11 is 1.72. The van der Waals surface area contributed by atoms with E-state index in [1.165, 1.54) is 6.20 Å². The van der Waals surface area contributed by atoms with Crippen LogP contribution in [0.5, 0.6) is 11.5 Å². The molecule has 1 N–H and O–H groups in total. The van der Waals surface area contributed by atoms with Crippen LogP contribution in [-0.4, -0.2) is 40.1 Å². The van der Waals surface area contributed by atoms with Crippen LogP contribution in [0.3, 0.4) is 0 Å². The Morgan fingerprint density at radius 2 is 1.88 bits per heavy atom. The van der Waals surface area contributed by atoms with Gasteiger partial charge in [0.2, 0.25) is 0 Å². The highest BCUT2D eigenvalue weighted by Gasteiger charge is 2.41. The molecule has 0 amide bonds. The van der Waals surface area contributed by atoms with Gasteiger partial charge in [0.25, 0.3) is 0 Å². The number of fused-ring (bicyclic) bond motifs is 1. The minimum Gasteiger partial charge on any atom is -0.506 e. The molecule has 6 heteroatoms. The van der Waals surface area contributed by atoms with Crippen molar-refractivity contribution in [3.05, 3.63) is 48.2 Å². The van der Waals surface area contributed by atoms with E-state index in [4.69, 9.17) is 10.00 Å². The summed E-state index contributed by atoms with van der Waals surface area (Å²) in [6.07, 6.45) is 3.98. The largest absolute Gasteiger partial charge is 0.506 e. The monoisotopic (exact) mass is 367 g/mol. The smallest absolute Gasteiger partial charge is 0.133 e. The van der Waals surface area contributed by atoms with Crippen molar-refractivity contribution in [3.63, 3.8) is 0 Å². The van der Waals surface area contributed by atoms with E-state index in [1.54, 1.807) is 30.0 Å². The molecule has 4 rings (SSSR count). The van der Waals surface area contributed by atoms with Crippen molar-refractivity contribution in [2.75, 3.05) is 19.0 Å². The lowest BCUT2D eigenvalue weighted by Gasteiger charge is -2.19. The van der Waals surface area contributed by atoms with Crippen molar-refractivity contribution < 1.29 is 9.84 Å².